The van der Waals surface area contributed by atoms with Crippen LogP contribution in [-0.2, 0) is 44.9 Å². The maximum Gasteiger partial charge on any atom is 0.258 e. The molecule has 473 valence electrons. The molecule has 5 aromatic rings. The number of piperidine rings is 12. The molecule has 0 spiro atoms. The number of benzene rings is 4. The molecule has 13 aliphatic heterocycles. The zero-order valence-electron chi connectivity index (χ0n) is 52.9. The summed E-state index contributed by atoms with van der Waals surface area (Å²) >= 11 is 0. The molecular weight excluding hydrogens is 1100 g/mol. The molecule has 4 aliphatic carbocycles. The van der Waals surface area contributed by atoms with Gasteiger partial charge in [-0.15, -0.1) is 0 Å². The second-order valence-electron chi connectivity index (χ2n) is 28.8. The van der Waals surface area contributed by atoms with Gasteiger partial charge in [-0.1, -0.05) is 62.0 Å². The molecule has 0 unspecified atom stereocenters. The third-order valence-corrected chi connectivity index (χ3v) is 23.7. The maximum absolute atomic E-state index is 13.1. The van der Waals surface area contributed by atoms with Gasteiger partial charge in [0.25, 0.3) is 17.4 Å². The van der Waals surface area contributed by atoms with Gasteiger partial charge in [0.1, 0.15) is 0 Å². The van der Waals surface area contributed by atoms with E-state index in [2.05, 4.69) is 89.1 Å². The zero-order valence-corrected chi connectivity index (χ0v) is 52.9. The van der Waals surface area contributed by atoms with E-state index < -0.39 is 0 Å². The van der Waals surface area contributed by atoms with Gasteiger partial charge in [-0.3, -0.25) is 19.2 Å². The van der Waals surface area contributed by atoms with Crippen LogP contribution in [0.5, 0.6) is 0 Å². The quantitative estimate of drug-likeness (QED) is 0.131. The Balaban J connectivity index is 0.000000111. The Morgan fingerprint density at radius 3 is 1.57 bits per heavy atom. The highest BCUT2D eigenvalue weighted by atomic mass is 16.2. The molecule has 1 aromatic heterocycles. The van der Waals surface area contributed by atoms with Crippen LogP contribution in [0, 0.1) is 23.7 Å². The number of ketones is 1. The van der Waals surface area contributed by atoms with Crippen molar-refractivity contribution >= 4 is 36.8 Å². The molecule has 5 atom stereocenters. The second-order valence-corrected chi connectivity index (χ2v) is 28.8. The average Bonchev–Trinajstić information content (AvgIpc) is 1.17. The number of carbonyl (C=O) groups is 3. The van der Waals surface area contributed by atoms with Crippen molar-refractivity contribution in [3.05, 3.63) is 151 Å². The van der Waals surface area contributed by atoms with Gasteiger partial charge < -0.3 is 40.1 Å². The van der Waals surface area contributed by atoms with Crippen molar-refractivity contribution in [2.45, 2.75) is 186 Å². The molecule has 0 saturated carbocycles. The molecule has 13 heteroatoms. The predicted octanol–water partition coefficient (Wildman–Crippen LogP) is 10.9. The van der Waals surface area contributed by atoms with E-state index in [9.17, 15) is 19.2 Å². The van der Waals surface area contributed by atoms with E-state index in [0.717, 1.165) is 112 Å². The summed E-state index contributed by atoms with van der Waals surface area (Å²) in [7, 11) is 0. The van der Waals surface area contributed by atoms with Crippen molar-refractivity contribution in [1.82, 2.24) is 34.4 Å². The number of nitrogens with two attached hydrogens (primary N) is 1. The Kier molecular flexibility index (Phi) is 20.2. The Bertz CT molecular complexity index is 3380. The number of carbonyl (C=O) groups excluding carboxylic acids is 3. The van der Waals surface area contributed by atoms with Crippen LogP contribution in [0.1, 0.15) is 198 Å². The molecular formula is C76H102BN8O4. The number of nitrogens with zero attached hydrogens (tertiary/aromatic N) is 6. The Morgan fingerprint density at radius 1 is 0.494 bits per heavy atom. The van der Waals surface area contributed by atoms with E-state index in [1.807, 2.05) is 24.3 Å². The van der Waals surface area contributed by atoms with Crippen molar-refractivity contribution < 1.29 is 14.4 Å². The molecule has 14 heterocycles. The number of aryl methyl sites for hydroxylation is 5. The molecule has 4 aromatic carbocycles. The summed E-state index contributed by atoms with van der Waals surface area (Å²) in [5.41, 5.74) is 20.0. The Labute approximate surface area is 533 Å². The first-order valence-corrected chi connectivity index (χ1v) is 34.8. The highest BCUT2D eigenvalue weighted by Crippen LogP contribution is 2.43. The van der Waals surface area contributed by atoms with E-state index in [1.165, 1.54) is 199 Å². The number of aromatic nitrogens is 1. The monoisotopic (exact) mass is 1200 g/mol. The topological polar surface area (TPSA) is 127 Å². The number of fused-ring (bicyclic) bond motifs is 14. The maximum atomic E-state index is 13.1. The van der Waals surface area contributed by atoms with Crippen LogP contribution in [-0.4, -0.2) is 158 Å². The summed E-state index contributed by atoms with van der Waals surface area (Å²) in [6, 6.07) is 26.8. The number of rotatable bonds is 5. The smallest absolute Gasteiger partial charge is 0.258 e. The standard InChI is InChI=1S/C19H24N2O.C19H22N2O.C18H24N2O.C12H14O.C7H14N2.CH4.B/c2*22-19-16-6-2-4-14-3-1-5-15(18(14)16)11-21(19)17-12-20-9-7-13(17)8-10-20;21-18(19-17-12-20-10-8-14(17)9-11-20)16-7-3-5-13-4-1-2-6-15(13)16;1-9(13)11-8-4-6-10-5-2-3-7-12(10)11;8-7-5-9-3-1-6(7)2-4-9;;/h2,4,6,13,15,17H,1,3,5,7-12H2;2,4,6,11,13,17H,1,3,5,7-10,12H2;3,5,7,14,17H,1-2,4,6,8-12H2,(H,19,21);4,6,8H,2-3,5,7H2,1H3;6-7H,1-5,8H2;1H4;/t15-,17-;2*17-;;7-;;/m111.1../s1. The van der Waals surface area contributed by atoms with E-state index >= 15 is 0 Å². The van der Waals surface area contributed by atoms with Crippen LogP contribution >= 0.6 is 0 Å². The van der Waals surface area contributed by atoms with Gasteiger partial charge in [-0.2, -0.15) is 0 Å². The summed E-state index contributed by atoms with van der Waals surface area (Å²) in [4.78, 5) is 62.6. The van der Waals surface area contributed by atoms with Crippen LogP contribution in [0.2, 0.25) is 0 Å². The largest absolute Gasteiger partial charge is 0.348 e. The van der Waals surface area contributed by atoms with E-state index in [4.69, 9.17) is 5.73 Å². The lowest BCUT2D eigenvalue weighted by molar-refractivity contribution is 0.00257. The number of amides is 2. The van der Waals surface area contributed by atoms with Crippen LogP contribution in [0.4, 0.5) is 0 Å². The van der Waals surface area contributed by atoms with Crippen LogP contribution in [0.25, 0.3) is 10.8 Å². The minimum absolute atomic E-state index is 0. The lowest BCUT2D eigenvalue weighted by Crippen LogP contribution is -2.60. The van der Waals surface area contributed by atoms with Gasteiger partial charge >= 0.3 is 0 Å². The fourth-order valence-corrected chi connectivity index (χ4v) is 18.9. The lowest BCUT2D eigenvalue weighted by Gasteiger charge is -2.51. The summed E-state index contributed by atoms with van der Waals surface area (Å²) in [6.07, 6.45) is 29.1. The molecule has 12 saturated heterocycles. The van der Waals surface area contributed by atoms with Crippen LogP contribution in [0.3, 0.4) is 0 Å². The van der Waals surface area contributed by atoms with Crippen molar-refractivity contribution in [3.8, 4) is 0 Å². The SMILES string of the molecule is C.CC(=O)c1cccc2c1CCCC2.N[C@@H]1CN2CCC1CC2.O=C(N[C@@H]1CN2CCC1CC2)c1cccc2c1CCCC2.O=C1c2cccc3c2[C@H](CCC3)CN1[C@@H]1CN2CCC1CC2.O=c1c2cccc3c2c(cn1[C@@H]1CN2CCC1CC2)CCC3.[B]. The number of hydrogen-bond acceptors (Lipinski definition) is 9. The fourth-order valence-electron chi connectivity index (χ4n) is 18.9. The summed E-state index contributed by atoms with van der Waals surface area (Å²) < 4.78 is 2.10. The van der Waals surface area contributed by atoms with Gasteiger partial charge in [0.05, 0.1) is 6.04 Å². The predicted molar refractivity (Wildman–Crippen MR) is 361 cm³/mol. The first kappa shape index (κ1) is 63.7. The third kappa shape index (κ3) is 13.3. The molecule has 3 N–H and O–H groups in total. The first-order valence-electron chi connectivity index (χ1n) is 34.8. The first-order chi connectivity index (χ1) is 42.6. The van der Waals surface area contributed by atoms with Crippen molar-refractivity contribution in [2.24, 2.45) is 29.4 Å². The van der Waals surface area contributed by atoms with Gasteiger partial charge in [-0.25, -0.2) is 0 Å². The molecule has 17 aliphatic rings. The number of Topliss-reactive ketones (excluding diaryl/α,β-unsaturated/α-hetero) is 1. The Morgan fingerprint density at radius 2 is 1.00 bits per heavy atom. The van der Waals surface area contributed by atoms with Crippen LogP contribution < -0.4 is 16.6 Å². The fraction of sp³-hybridized carbons (Fsp3) is 0.605. The minimum atomic E-state index is 0. The summed E-state index contributed by atoms with van der Waals surface area (Å²) in [5.74, 6) is 4.25. The van der Waals surface area contributed by atoms with Gasteiger partial charge in [0.2, 0.25) is 0 Å². The van der Waals surface area contributed by atoms with E-state index in [-0.39, 0.29) is 33.1 Å². The average molecular weight is 1200 g/mol. The van der Waals surface area contributed by atoms with Crippen molar-refractivity contribution in [2.75, 3.05) is 85.1 Å². The van der Waals surface area contributed by atoms with Crippen molar-refractivity contribution in [1.29, 1.82) is 0 Å². The third-order valence-electron chi connectivity index (χ3n) is 23.7. The van der Waals surface area contributed by atoms with Crippen molar-refractivity contribution in [3.63, 3.8) is 0 Å². The van der Waals surface area contributed by atoms with Gasteiger partial charge in [-0.05, 0) is 292 Å². The normalized spacial score (nSPS) is 30.9. The molecule has 12 fully saturated rings. The summed E-state index contributed by atoms with van der Waals surface area (Å²) in [5, 5.41) is 5.55. The Hall–Kier alpha value is -5.44. The highest BCUT2D eigenvalue weighted by molar-refractivity contribution is 5.98. The second kappa shape index (κ2) is 28.2. The molecule has 89 heavy (non-hydrogen) atoms. The minimum Gasteiger partial charge on any atom is -0.348 e. The zero-order chi connectivity index (χ0) is 59.1. The lowest BCUT2D eigenvalue weighted by atomic mass is 9.75. The molecule has 3 radical (unpaired) electrons. The molecule has 8 bridgehead atoms. The van der Waals surface area contributed by atoms with E-state index in [0.29, 0.717) is 47.8 Å². The summed E-state index contributed by atoms with van der Waals surface area (Å²) in [6.45, 7) is 17.0. The van der Waals surface area contributed by atoms with E-state index in [1.54, 1.807) is 6.92 Å². The number of pyridine rings is 1. The number of nitrogens with one attached hydrogen (secondary N) is 1. The molecule has 22 rings (SSSR count). The van der Waals surface area contributed by atoms with Gasteiger partial charge in [0, 0.05) is 93.5 Å². The molecule has 12 nitrogen and oxygen atoms in total. The number of hydrogen-bond donors (Lipinski definition) is 2. The van der Waals surface area contributed by atoms with Crippen LogP contribution in [0.15, 0.2) is 83.8 Å². The highest BCUT2D eigenvalue weighted by Gasteiger charge is 2.44. The molecule has 2 amide bonds. The van der Waals surface area contributed by atoms with Gasteiger partial charge in [0.15, 0.2) is 5.78 Å².